The number of rotatable bonds is 8. The predicted molar refractivity (Wildman–Crippen MR) is 127 cm³/mol. The van der Waals surface area contributed by atoms with E-state index in [4.69, 9.17) is 39.5 Å². The smallest absolute Gasteiger partial charge is 0.338 e. The topological polar surface area (TPSA) is 63.7 Å². The second kappa shape index (κ2) is 10.7. The maximum absolute atomic E-state index is 13.5. The van der Waals surface area contributed by atoms with E-state index >= 15 is 0 Å². The van der Waals surface area contributed by atoms with Gasteiger partial charge in [0.1, 0.15) is 0 Å². The van der Waals surface area contributed by atoms with Gasteiger partial charge in [-0.2, -0.15) is 4.31 Å². The first kappa shape index (κ1) is 24.6. The van der Waals surface area contributed by atoms with Gasteiger partial charge in [0.2, 0.25) is 10.0 Å². The van der Waals surface area contributed by atoms with Crippen LogP contribution in [0.25, 0.3) is 0 Å². The summed E-state index contributed by atoms with van der Waals surface area (Å²) in [5.74, 6) is -0.435. The molecular weight excluding hydrogens is 493 g/mol. The highest BCUT2D eigenvalue weighted by atomic mass is 35.5. The van der Waals surface area contributed by atoms with Crippen LogP contribution in [0, 0.1) is 0 Å². The van der Waals surface area contributed by atoms with Gasteiger partial charge in [0, 0.05) is 28.2 Å². The molecule has 0 aliphatic carbocycles. The van der Waals surface area contributed by atoms with Crippen molar-refractivity contribution in [1.82, 2.24) is 4.31 Å². The molecule has 0 amide bonds. The summed E-state index contributed by atoms with van der Waals surface area (Å²) in [4.78, 5) is 12.0. The lowest BCUT2D eigenvalue weighted by molar-refractivity contribution is 0.0526. The van der Waals surface area contributed by atoms with Crippen LogP contribution in [0.3, 0.4) is 0 Å². The summed E-state index contributed by atoms with van der Waals surface area (Å²) in [7, 11) is -3.92. The van der Waals surface area contributed by atoms with Crippen LogP contribution in [-0.4, -0.2) is 25.3 Å². The Morgan fingerprint density at radius 1 is 0.906 bits per heavy atom. The fourth-order valence-electron chi connectivity index (χ4n) is 3.01. The number of carbonyl (C=O) groups excluding carboxylic acids is 1. The molecule has 0 saturated heterocycles. The summed E-state index contributed by atoms with van der Waals surface area (Å²) >= 11 is 18.3. The summed E-state index contributed by atoms with van der Waals surface area (Å²) in [6, 6.07) is 17.6. The van der Waals surface area contributed by atoms with Crippen molar-refractivity contribution in [2.45, 2.75) is 24.9 Å². The number of halogens is 3. The Kier molecular flexibility index (Phi) is 8.20. The monoisotopic (exact) mass is 511 g/mol. The van der Waals surface area contributed by atoms with Gasteiger partial charge >= 0.3 is 5.97 Å². The van der Waals surface area contributed by atoms with Gasteiger partial charge in [-0.25, -0.2) is 13.2 Å². The van der Waals surface area contributed by atoms with Gasteiger partial charge in [-0.05, 0) is 60.5 Å². The summed E-state index contributed by atoms with van der Waals surface area (Å²) < 4.78 is 33.2. The van der Waals surface area contributed by atoms with Crippen molar-refractivity contribution in [3.8, 4) is 0 Å². The van der Waals surface area contributed by atoms with Gasteiger partial charge < -0.3 is 4.74 Å². The summed E-state index contributed by atoms with van der Waals surface area (Å²) in [6.07, 6.45) is 0. The summed E-state index contributed by atoms with van der Waals surface area (Å²) in [5, 5.41) is 1.13. The van der Waals surface area contributed by atoms with E-state index < -0.39 is 16.0 Å². The number of esters is 1. The third kappa shape index (κ3) is 6.03. The summed E-state index contributed by atoms with van der Waals surface area (Å²) in [6.45, 7) is 2.07. The highest BCUT2D eigenvalue weighted by Crippen LogP contribution is 2.27. The van der Waals surface area contributed by atoms with Crippen LogP contribution in [0.5, 0.6) is 0 Å². The van der Waals surface area contributed by atoms with Crippen LogP contribution < -0.4 is 0 Å². The van der Waals surface area contributed by atoms with E-state index in [2.05, 4.69) is 0 Å². The normalized spacial score (nSPS) is 11.5. The molecule has 0 aromatic heterocycles. The quantitative estimate of drug-likeness (QED) is 0.336. The Morgan fingerprint density at radius 3 is 2.22 bits per heavy atom. The number of ether oxygens (including phenoxy) is 1. The van der Waals surface area contributed by atoms with E-state index in [-0.39, 0.29) is 24.6 Å². The SMILES string of the molecule is CCOC(=O)c1ccc(CN(Cc2ccc(Cl)cc2Cl)S(=O)(=O)c2cccc(Cl)c2)cc1. The second-order valence-corrected chi connectivity index (χ2v) is 10.1. The second-order valence-electron chi connectivity index (χ2n) is 6.88. The molecule has 0 heterocycles. The molecule has 3 aromatic rings. The first-order valence-corrected chi connectivity index (χ1v) is 12.2. The Balaban J connectivity index is 1.95. The molecule has 0 spiro atoms. The lowest BCUT2D eigenvalue weighted by Gasteiger charge is -2.23. The average molecular weight is 513 g/mol. The van der Waals surface area contributed by atoms with Crippen LogP contribution >= 0.6 is 34.8 Å². The number of hydrogen-bond donors (Lipinski definition) is 0. The van der Waals surface area contributed by atoms with Crippen molar-refractivity contribution >= 4 is 50.8 Å². The molecule has 0 aliphatic rings. The maximum atomic E-state index is 13.5. The number of nitrogens with zero attached hydrogens (tertiary/aromatic N) is 1. The Labute approximate surface area is 202 Å². The number of carbonyl (C=O) groups is 1. The molecule has 3 rings (SSSR count). The number of benzene rings is 3. The van der Waals surface area contributed by atoms with Crippen LogP contribution in [-0.2, 0) is 27.8 Å². The molecule has 3 aromatic carbocycles. The van der Waals surface area contributed by atoms with E-state index in [1.807, 2.05) is 0 Å². The van der Waals surface area contributed by atoms with E-state index in [1.54, 1.807) is 61.5 Å². The first-order chi connectivity index (χ1) is 15.2. The minimum absolute atomic E-state index is 0.0183. The van der Waals surface area contributed by atoms with Gasteiger partial charge in [0.25, 0.3) is 0 Å². The minimum atomic E-state index is -3.92. The Morgan fingerprint density at radius 2 is 1.59 bits per heavy atom. The molecule has 9 heteroatoms. The van der Waals surface area contributed by atoms with Crippen molar-refractivity contribution in [2.75, 3.05) is 6.61 Å². The Bertz CT molecular complexity index is 1210. The first-order valence-electron chi connectivity index (χ1n) is 9.66. The number of sulfonamides is 1. The zero-order valence-corrected chi connectivity index (χ0v) is 20.2. The third-order valence-electron chi connectivity index (χ3n) is 4.62. The van der Waals surface area contributed by atoms with E-state index in [0.717, 1.165) is 0 Å². The largest absolute Gasteiger partial charge is 0.462 e. The van der Waals surface area contributed by atoms with Crippen molar-refractivity contribution in [3.63, 3.8) is 0 Å². The maximum Gasteiger partial charge on any atom is 0.338 e. The van der Waals surface area contributed by atoms with Gasteiger partial charge in [-0.3, -0.25) is 0 Å². The fourth-order valence-corrected chi connectivity index (χ4v) is 5.18. The highest BCUT2D eigenvalue weighted by Gasteiger charge is 2.26. The van der Waals surface area contributed by atoms with Gasteiger partial charge in [-0.1, -0.05) is 59.1 Å². The molecule has 0 saturated carbocycles. The van der Waals surface area contributed by atoms with E-state index in [1.165, 1.54) is 16.4 Å². The molecule has 0 atom stereocenters. The Hall–Kier alpha value is -2.09. The highest BCUT2D eigenvalue weighted by molar-refractivity contribution is 7.89. The zero-order chi connectivity index (χ0) is 23.3. The molecule has 168 valence electrons. The van der Waals surface area contributed by atoms with Crippen molar-refractivity contribution in [2.24, 2.45) is 0 Å². The van der Waals surface area contributed by atoms with Gasteiger partial charge in [0.05, 0.1) is 17.1 Å². The minimum Gasteiger partial charge on any atom is -0.462 e. The average Bonchev–Trinajstić information content (AvgIpc) is 2.75. The molecule has 0 radical (unpaired) electrons. The molecule has 0 unspecified atom stereocenters. The molecule has 0 fully saturated rings. The van der Waals surface area contributed by atoms with Crippen LogP contribution in [0.4, 0.5) is 0 Å². The lowest BCUT2D eigenvalue weighted by Crippen LogP contribution is -2.30. The van der Waals surface area contributed by atoms with Crippen LogP contribution in [0.1, 0.15) is 28.4 Å². The molecule has 0 N–H and O–H groups in total. The third-order valence-corrected chi connectivity index (χ3v) is 7.23. The van der Waals surface area contributed by atoms with Gasteiger partial charge in [-0.15, -0.1) is 0 Å². The van der Waals surface area contributed by atoms with Crippen molar-refractivity contribution < 1.29 is 17.9 Å². The molecule has 32 heavy (non-hydrogen) atoms. The van der Waals surface area contributed by atoms with Gasteiger partial charge in [0.15, 0.2) is 0 Å². The molecule has 5 nitrogen and oxygen atoms in total. The molecule has 0 bridgehead atoms. The van der Waals surface area contributed by atoms with Crippen molar-refractivity contribution in [1.29, 1.82) is 0 Å². The molecular formula is C23H20Cl3NO4S. The number of hydrogen-bond acceptors (Lipinski definition) is 4. The summed E-state index contributed by atoms with van der Waals surface area (Å²) in [5.41, 5.74) is 1.68. The van der Waals surface area contributed by atoms with Crippen LogP contribution in [0.2, 0.25) is 15.1 Å². The van der Waals surface area contributed by atoms with E-state index in [9.17, 15) is 13.2 Å². The van der Waals surface area contributed by atoms with E-state index in [0.29, 0.717) is 31.8 Å². The lowest BCUT2D eigenvalue weighted by atomic mass is 10.1. The standard InChI is InChI=1S/C23H20Cl3NO4S/c1-2-31-23(28)17-8-6-16(7-9-17)14-27(15-18-10-11-20(25)13-22(18)26)32(29,30)21-5-3-4-19(24)12-21/h3-13H,2,14-15H2,1H3. The van der Waals surface area contributed by atoms with Crippen molar-refractivity contribution in [3.05, 3.63) is 98.5 Å². The zero-order valence-electron chi connectivity index (χ0n) is 17.1. The predicted octanol–water partition coefficient (Wildman–Crippen LogP) is 6.21. The van der Waals surface area contributed by atoms with Crippen LogP contribution in [0.15, 0.2) is 71.6 Å². The molecule has 0 aliphatic heterocycles. The fraction of sp³-hybridized carbons (Fsp3) is 0.174.